The second kappa shape index (κ2) is 15.6. The standard InChI is InChI=1S/C42H50F4N4O3Si/c1-29-20-30-21-37-38(52-28-51-37)23-35(30)40(39-36(44)22-32(24-47-39)48-31-16-19-49(25-31)18-11-17-43)50(29)26-42(45,46)27-53-54(41(2,3)4,33-12-7-5-8-13-33)34-14-9-6-10-15-34/h5-10,12-15,21-24,29,31,40,48H,11,16-20,25-28H2,1-4H3/t29-,31+,40+/m1/s1. The second-order valence-corrected chi connectivity index (χ2v) is 20.2. The van der Waals surface area contributed by atoms with Gasteiger partial charge in [0.25, 0.3) is 14.2 Å². The summed E-state index contributed by atoms with van der Waals surface area (Å²) in [6, 6.07) is 23.3. The maximum Gasteiger partial charge on any atom is 0.282 e. The molecule has 3 aromatic carbocycles. The highest BCUT2D eigenvalue weighted by atomic mass is 28.4. The Labute approximate surface area is 316 Å². The van der Waals surface area contributed by atoms with Crippen LogP contribution in [-0.2, 0) is 10.8 Å². The van der Waals surface area contributed by atoms with Gasteiger partial charge in [0.1, 0.15) is 5.82 Å². The van der Waals surface area contributed by atoms with Gasteiger partial charge in [0.15, 0.2) is 11.5 Å². The lowest BCUT2D eigenvalue weighted by molar-refractivity contribution is -0.0824. The van der Waals surface area contributed by atoms with E-state index >= 15 is 13.2 Å². The Bertz CT molecular complexity index is 1860. The van der Waals surface area contributed by atoms with Gasteiger partial charge in [-0.1, -0.05) is 81.4 Å². The van der Waals surface area contributed by atoms with Gasteiger partial charge in [0.2, 0.25) is 6.79 Å². The number of ether oxygens (including phenoxy) is 2. The van der Waals surface area contributed by atoms with Crippen molar-refractivity contribution in [2.24, 2.45) is 0 Å². The van der Waals surface area contributed by atoms with E-state index in [1.165, 1.54) is 6.07 Å². The number of nitrogens with one attached hydrogen (secondary N) is 1. The van der Waals surface area contributed by atoms with Gasteiger partial charge in [-0.3, -0.25) is 14.3 Å². The van der Waals surface area contributed by atoms with E-state index < -0.39 is 50.3 Å². The molecule has 0 unspecified atom stereocenters. The molecule has 0 amide bonds. The summed E-state index contributed by atoms with van der Waals surface area (Å²) in [5, 5.41) is 4.73. The number of alkyl halides is 3. The van der Waals surface area contributed by atoms with Crippen molar-refractivity contribution in [3.05, 3.63) is 108 Å². The fourth-order valence-electron chi connectivity index (χ4n) is 8.54. The van der Waals surface area contributed by atoms with E-state index in [0.717, 1.165) is 35.4 Å². The highest BCUT2D eigenvalue weighted by Crippen LogP contribution is 2.46. The number of anilines is 1. The van der Waals surface area contributed by atoms with Crippen LogP contribution in [0.4, 0.5) is 23.2 Å². The Hall–Kier alpha value is -3.97. The molecular formula is C42H50F4N4O3Si. The lowest BCUT2D eigenvalue weighted by atomic mass is 9.86. The molecule has 3 atom stereocenters. The molecule has 0 bridgehead atoms. The van der Waals surface area contributed by atoms with Crippen molar-refractivity contribution in [2.75, 3.05) is 51.6 Å². The Morgan fingerprint density at radius 2 is 1.63 bits per heavy atom. The molecule has 4 heterocycles. The molecule has 54 heavy (non-hydrogen) atoms. The van der Waals surface area contributed by atoms with Crippen LogP contribution in [0.15, 0.2) is 85.1 Å². The second-order valence-electron chi connectivity index (χ2n) is 15.9. The molecule has 0 radical (unpaired) electrons. The normalized spacial score (nSPS) is 20.6. The largest absolute Gasteiger partial charge is 0.454 e. The van der Waals surface area contributed by atoms with Crippen molar-refractivity contribution in [2.45, 2.75) is 76.0 Å². The van der Waals surface area contributed by atoms with Crippen LogP contribution in [-0.4, -0.2) is 87.4 Å². The Kier molecular flexibility index (Phi) is 11.1. The average Bonchev–Trinajstić information content (AvgIpc) is 3.80. The number of benzene rings is 3. The molecule has 0 saturated carbocycles. The molecule has 7 nitrogen and oxygen atoms in total. The zero-order chi connectivity index (χ0) is 38.1. The maximum atomic E-state index is 16.8. The minimum Gasteiger partial charge on any atom is -0.454 e. The number of aromatic nitrogens is 1. The van der Waals surface area contributed by atoms with Gasteiger partial charge in [0, 0.05) is 37.8 Å². The summed E-state index contributed by atoms with van der Waals surface area (Å²) >= 11 is 0. The molecule has 3 aliphatic rings. The molecule has 1 N–H and O–H groups in total. The van der Waals surface area contributed by atoms with Crippen molar-refractivity contribution in [1.29, 1.82) is 0 Å². The smallest absolute Gasteiger partial charge is 0.282 e. The molecule has 1 aromatic heterocycles. The number of nitrogens with zero attached hydrogens (tertiary/aromatic N) is 3. The summed E-state index contributed by atoms with van der Waals surface area (Å²) in [6.45, 7) is 8.52. The Morgan fingerprint density at radius 3 is 2.26 bits per heavy atom. The van der Waals surface area contributed by atoms with E-state index in [-0.39, 0.29) is 25.2 Å². The van der Waals surface area contributed by atoms with Crippen LogP contribution in [0, 0.1) is 5.82 Å². The molecule has 3 aliphatic heterocycles. The first-order valence-corrected chi connectivity index (χ1v) is 20.8. The molecule has 1 saturated heterocycles. The molecule has 288 valence electrons. The quantitative estimate of drug-likeness (QED) is 0.113. The molecule has 12 heteroatoms. The highest BCUT2D eigenvalue weighted by molar-refractivity contribution is 6.99. The molecule has 1 fully saturated rings. The van der Waals surface area contributed by atoms with E-state index in [2.05, 4.69) is 36.0 Å². The molecule has 4 aromatic rings. The van der Waals surface area contributed by atoms with Crippen molar-refractivity contribution in [1.82, 2.24) is 14.8 Å². The number of likely N-dealkylation sites (tertiary alicyclic amines) is 1. The summed E-state index contributed by atoms with van der Waals surface area (Å²) in [5.41, 5.74) is 2.11. The number of pyridine rings is 1. The van der Waals surface area contributed by atoms with Crippen LogP contribution in [0.1, 0.15) is 63.4 Å². The number of hydrogen-bond donors (Lipinski definition) is 1. The van der Waals surface area contributed by atoms with Crippen molar-refractivity contribution in [3.63, 3.8) is 0 Å². The predicted molar refractivity (Wildman–Crippen MR) is 206 cm³/mol. The zero-order valence-electron chi connectivity index (χ0n) is 31.5. The third-order valence-electron chi connectivity index (χ3n) is 11.1. The number of hydrogen-bond acceptors (Lipinski definition) is 7. The van der Waals surface area contributed by atoms with Crippen LogP contribution in [0.25, 0.3) is 0 Å². The van der Waals surface area contributed by atoms with E-state index in [0.29, 0.717) is 42.1 Å². The number of rotatable bonds is 13. The summed E-state index contributed by atoms with van der Waals surface area (Å²) in [6.07, 6.45) is 3.36. The minimum absolute atomic E-state index is 0.0547. The van der Waals surface area contributed by atoms with Crippen molar-refractivity contribution < 1.29 is 31.5 Å². The fourth-order valence-corrected chi connectivity index (χ4v) is 13.1. The van der Waals surface area contributed by atoms with Crippen LogP contribution in [0.2, 0.25) is 5.04 Å². The third kappa shape index (κ3) is 7.76. The van der Waals surface area contributed by atoms with Gasteiger partial charge in [-0.25, -0.2) is 13.2 Å². The Morgan fingerprint density at radius 1 is 0.963 bits per heavy atom. The van der Waals surface area contributed by atoms with Gasteiger partial charge < -0.3 is 24.1 Å². The van der Waals surface area contributed by atoms with Crippen molar-refractivity contribution >= 4 is 24.4 Å². The molecule has 0 aliphatic carbocycles. The SMILES string of the molecule is C[C@@H]1Cc2cc3c(cc2[C@@H](c2ncc(N[C@H]4CCN(CCCF)C4)cc2F)N1CC(F)(F)CO[Si](c1ccccc1)(c1ccccc1)C(C)(C)C)OCO3. The van der Waals surface area contributed by atoms with Gasteiger partial charge >= 0.3 is 0 Å². The zero-order valence-corrected chi connectivity index (χ0v) is 32.5. The van der Waals surface area contributed by atoms with E-state index in [9.17, 15) is 4.39 Å². The van der Waals surface area contributed by atoms with E-state index in [1.807, 2.05) is 73.7 Å². The van der Waals surface area contributed by atoms with Crippen LogP contribution >= 0.6 is 0 Å². The molecule has 7 rings (SSSR count). The predicted octanol–water partition coefficient (Wildman–Crippen LogP) is 7.34. The lowest BCUT2D eigenvalue weighted by Gasteiger charge is -2.45. The van der Waals surface area contributed by atoms with Gasteiger partial charge in [0.05, 0.1) is 43.4 Å². The average molecular weight is 763 g/mol. The highest BCUT2D eigenvalue weighted by Gasteiger charge is 2.52. The van der Waals surface area contributed by atoms with Crippen molar-refractivity contribution in [3.8, 4) is 11.5 Å². The lowest BCUT2D eigenvalue weighted by Crippen LogP contribution is -2.67. The maximum absolute atomic E-state index is 16.8. The summed E-state index contributed by atoms with van der Waals surface area (Å²) in [4.78, 5) is 8.49. The first kappa shape index (κ1) is 38.3. The van der Waals surface area contributed by atoms with Gasteiger partial charge in [-0.15, -0.1) is 0 Å². The summed E-state index contributed by atoms with van der Waals surface area (Å²) in [5.74, 6) is -2.83. The van der Waals surface area contributed by atoms with Crippen LogP contribution in [0.5, 0.6) is 11.5 Å². The first-order chi connectivity index (χ1) is 25.9. The van der Waals surface area contributed by atoms with Crippen LogP contribution < -0.4 is 25.2 Å². The van der Waals surface area contributed by atoms with Gasteiger partial charge in [-0.05, 0) is 64.9 Å². The monoisotopic (exact) mass is 762 g/mol. The van der Waals surface area contributed by atoms with Gasteiger partial charge in [-0.2, -0.15) is 0 Å². The summed E-state index contributed by atoms with van der Waals surface area (Å²) < 4.78 is 80.8. The fraction of sp³-hybridized carbons (Fsp3) is 0.452. The van der Waals surface area contributed by atoms with E-state index in [4.69, 9.17) is 13.9 Å². The molecule has 0 spiro atoms. The van der Waals surface area contributed by atoms with E-state index in [1.54, 1.807) is 17.2 Å². The first-order valence-electron chi connectivity index (χ1n) is 18.9. The van der Waals surface area contributed by atoms with Crippen LogP contribution in [0.3, 0.4) is 0 Å². The Balaban J connectivity index is 1.20. The topological polar surface area (TPSA) is 59.1 Å². The third-order valence-corrected chi connectivity index (χ3v) is 16.0. The number of fused-ring (bicyclic) bond motifs is 2. The number of halogens is 4. The summed E-state index contributed by atoms with van der Waals surface area (Å²) in [7, 11) is -3.26. The molecular weight excluding hydrogens is 713 g/mol. The minimum atomic E-state index is -3.32.